The molecule has 3 heteroatoms. The van der Waals surface area contributed by atoms with Gasteiger partial charge in [-0.3, -0.25) is 0 Å². The van der Waals surface area contributed by atoms with Gasteiger partial charge < -0.3 is 9.47 Å². The highest BCUT2D eigenvalue weighted by Gasteiger charge is 2.22. The number of fused-ring (bicyclic) bond motifs is 1. The smallest absolute Gasteiger partial charge is 0.341 e. The van der Waals surface area contributed by atoms with Crippen molar-refractivity contribution < 1.29 is 14.3 Å². The lowest BCUT2D eigenvalue weighted by Crippen LogP contribution is -2.06. The third-order valence-electron chi connectivity index (χ3n) is 2.84. The summed E-state index contributed by atoms with van der Waals surface area (Å²) >= 11 is 0. The molecule has 1 aliphatic rings. The van der Waals surface area contributed by atoms with Gasteiger partial charge in [0.05, 0.1) is 14.2 Å². The fraction of sp³-hybridized carbons (Fsp3) is 0.417. The first-order valence-corrected chi connectivity index (χ1v) is 5.05. The summed E-state index contributed by atoms with van der Waals surface area (Å²) in [5.41, 5.74) is 2.99. The maximum atomic E-state index is 11.5. The number of hydrogen-bond acceptors (Lipinski definition) is 3. The van der Waals surface area contributed by atoms with E-state index in [0.717, 1.165) is 19.3 Å². The molecule has 0 fully saturated rings. The van der Waals surface area contributed by atoms with Crippen molar-refractivity contribution in [1.29, 1.82) is 0 Å². The number of hydrogen-bond donors (Lipinski definition) is 0. The molecule has 0 spiro atoms. The fourth-order valence-corrected chi connectivity index (χ4v) is 2.14. The van der Waals surface area contributed by atoms with E-state index in [1.165, 1.54) is 18.2 Å². The molecule has 80 valence electrons. The highest BCUT2D eigenvalue weighted by atomic mass is 16.5. The molecule has 0 amide bonds. The maximum absolute atomic E-state index is 11.5. The number of benzene rings is 1. The topological polar surface area (TPSA) is 35.5 Å². The molecule has 0 saturated heterocycles. The van der Waals surface area contributed by atoms with E-state index in [1.54, 1.807) is 13.2 Å². The fourth-order valence-electron chi connectivity index (χ4n) is 2.14. The molecular weight excluding hydrogens is 192 g/mol. The normalized spacial score (nSPS) is 13.5. The van der Waals surface area contributed by atoms with Crippen LogP contribution in [0.4, 0.5) is 0 Å². The molecule has 0 unspecified atom stereocenters. The molecule has 0 radical (unpaired) electrons. The Morgan fingerprint density at radius 1 is 1.27 bits per heavy atom. The quantitative estimate of drug-likeness (QED) is 0.694. The molecule has 3 nitrogen and oxygen atoms in total. The van der Waals surface area contributed by atoms with E-state index in [2.05, 4.69) is 0 Å². The SMILES string of the molecule is COC(=O)c1ccc2c(c1OC)CCC2. The van der Waals surface area contributed by atoms with Crippen molar-refractivity contribution in [3.63, 3.8) is 0 Å². The average Bonchev–Trinajstić information content (AvgIpc) is 2.74. The van der Waals surface area contributed by atoms with Gasteiger partial charge >= 0.3 is 5.97 Å². The van der Waals surface area contributed by atoms with Crippen molar-refractivity contribution in [1.82, 2.24) is 0 Å². The number of ether oxygens (including phenoxy) is 2. The van der Waals surface area contributed by atoms with Crippen LogP contribution in [0.25, 0.3) is 0 Å². The van der Waals surface area contributed by atoms with Crippen LogP contribution in [0, 0.1) is 0 Å². The number of carbonyl (C=O) groups is 1. The first kappa shape index (κ1) is 10.0. The molecular formula is C12H14O3. The van der Waals surface area contributed by atoms with Crippen molar-refractivity contribution in [2.24, 2.45) is 0 Å². The Hall–Kier alpha value is -1.51. The molecule has 1 aliphatic carbocycles. The van der Waals surface area contributed by atoms with Gasteiger partial charge in [-0.2, -0.15) is 0 Å². The Bertz CT molecular complexity index is 396. The lowest BCUT2D eigenvalue weighted by molar-refractivity contribution is 0.0597. The van der Waals surface area contributed by atoms with Crippen LogP contribution in [0.15, 0.2) is 12.1 Å². The van der Waals surface area contributed by atoms with Gasteiger partial charge in [0.25, 0.3) is 0 Å². The van der Waals surface area contributed by atoms with Crippen LogP contribution in [0.3, 0.4) is 0 Å². The van der Waals surface area contributed by atoms with Gasteiger partial charge in [0.15, 0.2) is 0 Å². The van der Waals surface area contributed by atoms with Gasteiger partial charge in [-0.15, -0.1) is 0 Å². The number of rotatable bonds is 2. The van der Waals surface area contributed by atoms with E-state index in [4.69, 9.17) is 9.47 Å². The van der Waals surface area contributed by atoms with E-state index >= 15 is 0 Å². The van der Waals surface area contributed by atoms with E-state index < -0.39 is 0 Å². The summed E-state index contributed by atoms with van der Waals surface area (Å²) in [6, 6.07) is 3.78. The van der Waals surface area contributed by atoms with Gasteiger partial charge in [0, 0.05) is 0 Å². The molecule has 0 saturated carbocycles. The summed E-state index contributed by atoms with van der Waals surface area (Å²) in [6.45, 7) is 0. The number of methoxy groups -OCH3 is 2. The predicted molar refractivity (Wildman–Crippen MR) is 56.4 cm³/mol. The molecule has 0 bridgehead atoms. The van der Waals surface area contributed by atoms with E-state index in [0.29, 0.717) is 11.3 Å². The molecule has 0 N–H and O–H groups in total. The van der Waals surface area contributed by atoms with Crippen molar-refractivity contribution in [2.75, 3.05) is 14.2 Å². The molecule has 1 aromatic rings. The van der Waals surface area contributed by atoms with Gasteiger partial charge in [-0.25, -0.2) is 4.79 Å². The van der Waals surface area contributed by atoms with Crippen molar-refractivity contribution in [3.8, 4) is 5.75 Å². The Labute approximate surface area is 89.0 Å². The lowest BCUT2D eigenvalue weighted by Gasteiger charge is -2.11. The lowest BCUT2D eigenvalue weighted by atomic mass is 10.0. The van der Waals surface area contributed by atoms with E-state index in [9.17, 15) is 4.79 Å². The zero-order chi connectivity index (χ0) is 10.8. The minimum Gasteiger partial charge on any atom is -0.496 e. The second kappa shape index (κ2) is 3.93. The number of aryl methyl sites for hydroxylation is 1. The van der Waals surface area contributed by atoms with Crippen LogP contribution in [0.2, 0.25) is 0 Å². The Kier molecular flexibility index (Phi) is 2.62. The van der Waals surface area contributed by atoms with Crippen LogP contribution < -0.4 is 4.74 Å². The summed E-state index contributed by atoms with van der Waals surface area (Å²) in [7, 11) is 2.98. The average molecular weight is 206 g/mol. The van der Waals surface area contributed by atoms with Gasteiger partial charge in [-0.05, 0) is 36.5 Å². The van der Waals surface area contributed by atoms with Crippen molar-refractivity contribution in [2.45, 2.75) is 19.3 Å². The third-order valence-corrected chi connectivity index (χ3v) is 2.84. The Balaban J connectivity index is 2.52. The Morgan fingerprint density at radius 3 is 2.73 bits per heavy atom. The number of carbonyl (C=O) groups excluding carboxylic acids is 1. The summed E-state index contributed by atoms with van der Waals surface area (Å²) < 4.78 is 10.0. The van der Waals surface area contributed by atoms with Crippen LogP contribution in [-0.2, 0) is 17.6 Å². The summed E-state index contributed by atoms with van der Waals surface area (Å²) in [5, 5.41) is 0. The molecule has 0 aromatic heterocycles. The minimum atomic E-state index is -0.332. The summed E-state index contributed by atoms with van der Waals surface area (Å²) in [6.07, 6.45) is 3.20. The molecule has 2 rings (SSSR count). The molecule has 0 atom stereocenters. The van der Waals surface area contributed by atoms with E-state index in [-0.39, 0.29) is 5.97 Å². The third kappa shape index (κ3) is 1.58. The Morgan fingerprint density at radius 2 is 2.07 bits per heavy atom. The second-order valence-electron chi connectivity index (χ2n) is 3.63. The van der Waals surface area contributed by atoms with Crippen LogP contribution in [0.5, 0.6) is 5.75 Å². The first-order valence-electron chi connectivity index (χ1n) is 5.05. The van der Waals surface area contributed by atoms with Crippen molar-refractivity contribution >= 4 is 5.97 Å². The monoisotopic (exact) mass is 206 g/mol. The molecule has 1 aromatic carbocycles. The van der Waals surface area contributed by atoms with Crippen molar-refractivity contribution in [3.05, 3.63) is 28.8 Å². The second-order valence-corrected chi connectivity index (χ2v) is 3.63. The van der Waals surface area contributed by atoms with E-state index in [1.807, 2.05) is 6.07 Å². The first-order chi connectivity index (χ1) is 7.27. The highest BCUT2D eigenvalue weighted by molar-refractivity contribution is 5.93. The molecule has 0 aliphatic heterocycles. The maximum Gasteiger partial charge on any atom is 0.341 e. The summed E-state index contributed by atoms with van der Waals surface area (Å²) in [4.78, 5) is 11.5. The van der Waals surface area contributed by atoms with Crippen LogP contribution >= 0.6 is 0 Å². The zero-order valence-electron chi connectivity index (χ0n) is 9.00. The standard InChI is InChI=1S/C12H14O3/c1-14-11-9-5-3-4-8(9)6-7-10(11)12(13)15-2/h6-7H,3-5H2,1-2H3. The largest absolute Gasteiger partial charge is 0.496 e. The van der Waals surface area contributed by atoms with Gasteiger partial charge in [0.2, 0.25) is 0 Å². The number of esters is 1. The minimum absolute atomic E-state index is 0.332. The molecule has 0 heterocycles. The van der Waals surface area contributed by atoms with Gasteiger partial charge in [-0.1, -0.05) is 6.07 Å². The predicted octanol–water partition coefficient (Wildman–Crippen LogP) is 1.97. The van der Waals surface area contributed by atoms with Crippen LogP contribution in [-0.4, -0.2) is 20.2 Å². The molecule has 15 heavy (non-hydrogen) atoms. The zero-order valence-corrected chi connectivity index (χ0v) is 9.00. The highest BCUT2D eigenvalue weighted by Crippen LogP contribution is 2.33. The summed E-state index contributed by atoms with van der Waals surface area (Å²) in [5.74, 6) is 0.360. The van der Waals surface area contributed by atoms with Crippen LogP contribution in [0.1, 0.15) is 27.9 Å². The van der Waals surface area contributed by atoms with Gasteiger partial charge in [0.1, 0.15) is 11.3 Å².